The monoisotopic (exact) mass is 524 g/mol. The minimum absolute atomic E-state index is 0.153. The molecule has 3 nitrogen and oxygen atoms in total. The fourth-order valence-corrected chi connectivity index (χ4v) is 5.87. The summed E-state index contributed by atoms with van der Waals surface area (Å²) in [6.45, 7) is 7.03. The molecule has 0 N–H and O–H groups in total. The van der Waals surface area contributed by atoms with E-state index in [0.717, 1.165) is 39.9 Å². The van der Waals surface area contributed by atoms with Crippen molar-refractivity contribution < 1.29 is 9.13 Å². The molecule has 33 heavy (non-hydrogen) atoms. The highest BCUT2D eigenvalue weighted by Crippen LogP contribution is 2.44. The van der Waals surface area contributed by atoms with Crippen molar-refractivity contribution in [2.24, 2.45) is 16.3 Å². The number of nitriles is 1. The predicted octanol–water partition coefficient (Wildman–Crippen LogP) is 8.00. The van der Waals surface area contributed by atoms with E-state index in [1.165, 1.54) is 16.5 Å². The van der Waals surface area contributed by atoms with Crippen LogP contribution in [0, 0.1) is 28.5 Å². The van der Waals surface area contributed by atoms with E-state index in [1.807, 2.05) is 18.2 Å². The first kappa shape index (κ1) is 23.7. The molecular formula is C27H26BrFN2OS. The Bertz CT molecular complexity index is 1240. The average molecular weight is 525 g/mol. The van der Waals surface area contributed by atoms with Gasteiger partial charge in [0.2, 0.25) is 0 Å². The van der Waals surface area contributed by atoms with Gasteiger partial charge >= 0.3 is 0 Å². The van der Waals surface area contributed by atoms with Gasteiger partial charge < -0.3 is 4.74 Å². The lowest BCUT2D eigenvalue weighted by atomic mass is 9.72. The Kier molecular flexibility index (Phi) is 7.02. The first-order valence-electron chi connectivity index (χ1n) is 11.0. The number of thiophene rings is 1. The molecule has 0 saturated carbocycles. The topological polar surface area (TPSA) is 45.4 Å². The maximum Gasteiger partial charge on any atom is 0.134 e. The number of fused-ring (bicyclic) bond motifs is 1. The molecule has 0 bridgehead atoms. The van der Waals surface area contributed by atoms with Crippen LogP contribution in [0.1, 0.15) is 54.3 Å². The molecule has 3 aromatic rings. The molecule has 1 heterocycles. The Hall–Kier alpha value is -2.49. The Morgan fingerprint density at radius 3 is 2.76 bits per heavy atom. The average Bonchev–Trinajstić information content (AvgIpc) is 3.14. The van der Waals surface area contributed by atoms with Gasteiger partial charge in [-0.15, -0.1) is 11.3 Å². The van der Waals surface area contributed by atoms with Gasteiger partial charge in [-0.05, 0) is 81.9 Å². The van der Waals surface area contributed by atoms with Crippen molar-refractivity contribution in [2.45, 2.75) is 46.6 Å². The maximum atomic E-state index is 13.8. The number of nitrogens with zero attached hydrogens (tertiary/aromatic N) is 2. The molecule has 2 aromatic carbocycles. The molecule has 0 aliphatic heterocycles. The van der Waals surface area contributed by atoms with Crippen LogP contribution in [0.5, 0.6) is 5.75 Å². The number of benzene rings is 2. The van der Waals surface area contributed by atoms with Gasteiger partial charge in [-0.25, -0.2) is 9.38 Å². The van der Waals surface area contributed by atoms with E-state index in [4.69, 9.17) is 4.74 Å². The molecule has 0 amide bonds. The van der Waals surface area contributed by atoms with Crippen LogP contribution < -0.4 is 4.74 Å². The number of hydrogen-bond donors (Lipinski definition) is 0. The Morgan fingerprint density at radius 1 is 1.27 bits per heavy atom. The normalized spacial score (nSPS) is 15.9. The number of aliphatic imine (C=N–C) groups is 1. The van der Waals surface area contributed by atoms with E-state index in [1.54, 1.807) is 35.8 Å². The molecule has 1 aliphatic carbocycles. The zero-order valence-corrected chi connectivity index (χ0v) is 21.4. The van der Waals surface area contributed by atoms with Crippen molar-refractivity contribution in [2.75, 3.05) is 0 Å². The van der Waals surface area contributed by atoms with Crippen LogP contribution in [0.3, 0.4) is 0 Å². The summed E-state index contributed by atoms with van der Waals surface area (Å²) in [4.78, 5) is 5.98. The van der Waals surface area contributed by atoms with Crippen LogP contribution >= 0.6 is 27.3 Å². The molecule has 0 radical (unpaired) electrons. The van der Waals surface area contributed by atoms with Crippen molar-refractivity contribution in [3.63, 3.8) is 0 Å². The fourth-order valence-electron chi connectivity index (χ4n) is 4.14. The summed E-state index contributed by atoms with van der Waals surface area (Å²) < 4.78 is 20.4. The molecule has 4 rings (SSSR count). The summed E-state index contributed by atoms with van der Waals surface area (Å²) >= 11 is 5.18. The largest absolute Gasteiger partial charge is 0.488 e. The van der Waals surface area contributed by atoms with Gasteiger partial charge in [-0.3, -0.25) is 0 Å². The lowest BCUT2D eigenvalue weighted by molar-refractivity contribution is 0.218. The van der Waals surface area contributed by atoms with Gasteiger partial charge in [0.1, 0.15) is 29.2 Å². The van der Waals surface area contributed by atoms with Crippen molar-refractivity contribution in [1.82, 2.24) is 0 Å². The number of hydrogen-bond acceptors (Lipinski definition) is 4. The summed E-state index contributed by atoms with van der Waals surface area (Å²) in [5.74, 6) is 0.978. The first-order chi connectivity index (χ1) is 15.8. The quantitative estimate of drug-likeness (QED) is 0.317. The SMILES string of the molecule is CC(C)(C)[C@H]1CCc2c(sc(N=Cc3ccc(OCc4ccccc4F)c(Br)c3)c2C#N)C1. The number of ether oxygens (including phenoxy) is 1. The van der Waals surface area contributed by atoms with Crippen LogP contribution in [-0.4, -0.2) is 6.21 Å². The smallest absolute Gasteiger partial charge is 0.134 e. The van der Waals surface area contributed by atoms with E-state index in [2.05, 4.69) is 47.8 Å². The van der Waals surface area contributed by atoms with Gasteiger partial charge in [0.05, 0.1) is 10.0 Å². The van der Waals surface area contributed by atoms with Gasteiger partial charge in [-0.2, -0.15) is 5.26 Å². The molecule has 6 heteroatoms. The van der Waals surface area contributed by atoms with Gasteiger partial charge in [0.25, 0.3) is 0 Å². The van der Waals surface area contributed by atoms with Crippen LogP contribution in [0.2, 0.25) is 0 Å². The molecule has 0 fully saturated rings. The van der Waals surface area contributed by atoms with Crippen molar-refractivity contribution in [3.8, 4) is 11.8 Å². The minimum Gasteiger partial charge on any atom is -0.488 e. The summed E-state index contributed by atoms with van der Waals surface area (Å²) in [6, 6.07) is 14.6. The molecule has 0 saturated heterocycles. The van der Waals surface area contributed by atoms with Crippen LogP contribution in [-0.2, 0) is 19.4 Å². The third kappa shape index (κ3) is 5.37. The van der Waals surface area contributed by atoms with Crippen LogP contribution in [0.25, 0.3) is 0 Å². The van der Waals surface area contributed by atoms with Gasteiger partial charge in [0, 0.05) is 16.7 Å². The van der Waals surface area contributed by atoms with Crippen molar-refractivity contribution in [3.05, 3.63) is 79.9 Å². The fraction of sp³-hybridized carbons (Fsp3) is 0.333. The second-order valence-corrected chi connectivity index (χ2v) is 11.4. The first-order valence-corrected chi connectivity index (χ1v) is 12.6. The molecule has 1 aliphatic rings. The molecular weight excluding hydrogens is 499 g/mol. The van der Waals surface area contributed by atoms with E-state index >= 15 is 0 Å². The lowest BCUT2D eigenvalue weighted by Gasteiger charge is -2.33. The third-order valence-electron chi connectivity index (χ3n) is 6.21. The summed E-state index contributed by atoms with van der Waals surface area (Å²) in [6.07, 6.45) is 4.87. The summed E-state index contributed by atoms with van der Waals surface area (Å²) in [7, 11) is 0. The van der Waals surface area contributed by atoms with E-state index in [-0.39, 0.29) is 17.8 Å². The Labute approximate surface area is 207 Å². The second kappa shape index (κ2) is 9.79. The standard InChI is InChI=1S/C27H26BrFN2OS/c1-27(2,3)19-9-10-20-21(14-30)26(33-25(20)13-19)31-15-17-8-11-24(22(28)12-17)32-16-18-6-4-5-7-23(18)29/h4-8,11-12,15,19H,9-10,13,16H2,1-3H3/t19-/m0/s1. The summed E-state index contributed by atoms with van der Waals surface area (Å²) in [5.41, 5.74) is 3.58. The maximum absolute atomic E-state index is 13.8. The van der Waals surface area contributed by atoms with E-state index in [9.17, 15) is 9.65 Å². The van der Waals surface area contributed by atoms with Crippen LogP contribution in [0.4, 0.5) is 9.39 Å². The minimum atomic E-state index is -0.280. The van der Waals surface area contributed by atoms with Crippen LogP contribution in [0.15, 0.2) is 51.9 Å². The summed E-state index contributed by atoms with van der Waals surface area (Å²) in [5, 5.41) is 10.6. The van der Waals surface area contributed by atoms with E-state index in [0.29, 0.717) is 17.2 Å². The van der Waals surface area contributed by atoms with Gasteiger partial charge in [0.15, 0.2) is 0 Å². The molecule has 170 valence electrons. The Morgan fingerprint density at radius 2 is 2.06 bits per heavy atom. The number of halogens is 2. The van der Waals surface area contributed by atoms with Crippen molar-refractivity contribution >= 4 is 38.5 Å². The molecule has 0 unspecified atom stereocenters. The molecule has 1 atom stereocenters. The zero-order chi connectivity index (χ0) is 23.6. The molecule has 1 aromatic heterocycles. The van der Waals surface area contributed by atoms with E-state index < -0.39 is 0 Å². The van der Waals surface area contributed by atoms with Crippen molar-refractivity contribution in [1.29, 1.82) is 5.26 Å². The predicted molar refractivity (Wildman–Crippen MR) is 136 cm³/mol. The Balaban J connectivity index is 1.49. The zero-order valence-electron chi connectivity index (χ0n) is 19.0. The lowest BCUT2D eigenvalue weighted by Crippen LogP contribution is -2.26. The van der Waals surface area contributed by atoms with Gasteiger partial charge in [-0.1, -0.05) is 39.0 Å². The highest BCUT2D eigenvalue weighted by atomic mass is 79.9. The molecule has 0 spiro atoms. The highest BCUT2D eigenvalue weighted by Gasteiger charge is 2.32. The second-order valence-electron chi connectivity index (χ2n) is 9.43. The third-order valence-corrected chi connectivity index (χ3v) is 7.99. The highest BCUT2D eigenvalue weighted by molar-refractivity contribution is 9.10. The number of rotatable bonds is 5.